The molecule has 0 aliphatic rings. The van der Waals surface area contributed by atoms with E-state index >= 15 is 0 Å². The molecule has 0 saturated carbocycles. The molecule has 4 aromatic rings. The quantitative estimate of drug-likeness (QED) is 0.510. The molecule has 0 saturated heterocycles. The van der Waals surface area contributed by atoms with Crippen LogP contribution in [0.5, 0.6) is 5.75 Å². The highest BCUT2D eigenvalue weighted by Crippen LogP contribution is 2.32. The lowest BCUT2D eigenvalue weighted by Gasteiger charge is -2.11. The molecule has 0 aliphatic carbocycles. The highest BCUT2D eigenvalue weighted by Gasteiger charge is 2.32. The molecule has 0 spiro atoms. The van der Waals surface area contributed by atoms with Crippen LogP contribution in [0.4, 0.5) is 13.2 Å². The Morgan fingerprint density at radius 1 is 1.10 bits per heavy atom. The normalized spacial score (nSPS) is 11.7. The van der Waals surface area contributed by atoms with E-state index < -0.39 is 17.3 Å². The lowest BCUT2D eigenvalue weighted by atomic mass is 10.0. The van der Waals surface area contributed by atoms with Crippen LogP contribution in [-0.4, -0.2) is 19.9 Å². The maximum Gasteiger partial charge on any atom is 0.416 e. The molecule has 0 unspecified atom stereocenters. The minimum atomic E-state index is -4.46. The topological polar surface area (TPSA) is 70.9 Å². The molecule has 0 bridgehead atoms. The molecule has 5 nitrogen and oxygen atoms in total. The van der Waals surface area contributed by atoms with Crippen LogP contribution in [0.1, 0.15) is 16.8 Å². The number of benzene rings is 2. The molecule has 2 heterocycles. The Morgan fingerprint density at radius 2 is 1.83 bits per heavy atom. The third-order valence-electron chi connectivity index (χ3n) is 4.32. The number of nitrogens with zero attached hydrogens (tertiary/aromatic N) is 2. The lowest BCUT2D eigenvalue weighted by Crippen LogP contribution is -2.13. The monoisotopic (exact) mass is 417 g/mol. The number of hydrogen-bond donors (Lipinski definition) is 2. The second kappa shape index (κ2) is 7.25. The molecule has 2 aromatic heterocycles. The number of aromatic hydroxyl groups is 1. The molecule has 0 amide bonds. The predicted octanol–water partition coefficient (Wildman–Crippen LogP) is 4.60. The summed E-state index contributed by atoms with van der Waals surface area (Å²) in [7, 11) is 0. The average Bonchev–Trinajstić information content (AvgIpc) is 3.29. The number of thiazole rings is 1. The van der Waals surface area contributed by atoms with Crippen molar-refractivity contribution in [3.63, 3.8) is 0 Å². The number of halogens is 3. The summed E-state index contributed by atoms with van der Waals surface area (Å²) in [6.45, 7) is 0. The number of H-pyrrole nitrogens is 1. The van der Waals surface area contributed by atoms with Gasteiger partial charge in [-0.2, -0.15) is 17.9 Å². The van der Waals surface area contributed by atoms with Gasteiger partial charge in [0.05, 0.1) is 11.3 Å². The van der Waals surface area contributed by atoms with Gasteiger partial charge in [-0.05, 0) is 35.9 Å². The van der Waals surface area contributed by atoms with Gasteiger partial charge in [0, 0.05) is 29.1 Å². The van der Waals surface area contributed by atoms with Crippen molar-refractivity contribution in [2.24, 2.45) is 0 Å². The first-order valence-corrected chi connectivity index (χ1v) is 9.40. The first-order valence-electron chi connectivity index (χ1n) is 8.52. The molecule has 0 aliphatic heterocycles. The van der Waals surface area contributed by atoms with Crippen molar-refractivity contribution in [1.82, 2.24) is 14.8 Å². The Morgan fingerprint density at radius 3 is 2.55 bits per heavy atom. The summed E-state index contributed by atoms with van der Waals surface area (Å²) in [5, 5.41) is 14.3. The van der Waals surface area contributed by atoms with E-state index in [0.29, 0.717) is 16.5 Å². The van der Waals surface area contributed by atoms with Gasteiger partial charge >= 0.3 is 6.18 Å². The fourth-order valence-electron chi connectivity index (χ4n) is 2.97. The molecule has 29 heavy (non-hydrogen) atoms. The molecular formula is C20H14F3N3O2S. The first-order chi connectivity index (χ1) is 13.8. The smallest absolute Gasteiger partial charge is 0.416 e. The standard InChI is InChI=1S/C20H14F3N3O2S/c21-20(22,23)16-4-2-1-3-13(16)9-14-10-18(28)26(25-14)19-24-17(11-29-19)12-5-7-15(27)8-6-12/h1-8,10-11,25,27H,9H2. The van der Waals surface area contributed by atoms with Crippen LogP contribution in [0.25, 0.3) is 16.4 Å². The number of rotatable bonds is 4. The highest BCUT2D eigenvalue weighted by atomic mass is 32.1. The van der Waals surface area contributed by atoms with Crippen LogP contribution in [0.3, 0.4) is 0 Å². The zero-order valence-corrected chi connectivity index (χ0v) is 15.6. The van der Waals surface area contributed by atoms with E-state index in [9.17, 15) is 23.1 Å². The largest absolute Gasteiger partial charge is 0.508 e. The molecule has 148 valence electrons. The van der Waals surface area contributed by atoms with Gasteiger partial charge in [0.1, 0.15) is 5.75 Å². The van der Waals surface area contributed by atoms with E-state index in [4.69, 9.17) is 0 Å². The minimum absolute atomic E-state index is 0.0614. The molecule has 0 radical (unpaired) electrons. The second-order valence-corrected chi connectivity index (χ2v) is 7.19. The van der Waals surface area contributed by atoms with Gasteiger partial charge in [0.15, 0.2) is 0 Å². The van der Waals surface area contributed by atoms with Crippen LogP contribution in [-0.2, 0) is 12.6 Å². The molecule has 0 atom stereocenters. The third kappa shape index (κ3) is 3.95. The second-order valence-electron chi connectivity index (χ2n) is 6.35. The number of aromatic amines is 1. The maximum atomic E-state index is 13.2. The summed E-state index contributed by atoms with van der Waals surface area (Å²) in [6, 6.07) is 13.0. The van der Waals surface area contributed by atoms with E-state index in [1.807, 2.05) is 0 Å². The Kier molecular flexibility index (Phi) is 4.75. The lowest BCUT2D eigenvalue weighted by molar-refractivity contribution is -0.138. The van der Waals surface area contributed by atoms with Gasteiger partial charge in [-0.3, -0.25) is 9.89 Å². The summed E-state index contributed by atoms with van der Waals surface area (Å²) >= 11 is 1.22. The van der Waals surface area contributed by atoms with Crippen molar-refractivity contribution in [2.75, 3.05) is 0 Å². The third-order valence-corrected chi connectivity index (χ3v) is 5.15. The van der Waals surface area contributed by atoms with Crippen LogP contribution in [0, 0.1) is 0 Å². The number of phenolic OH excluding ortho intramolecular Hbond substituents is 1. The Balaban J connectivity index is 1.63. The molecule has 9 heteroatoms. The molecule has 0 fully saturated rings. The number of hydrogen-bond acceptors (Lipinski definition) is 4. The fraction of sp³-hybridized carbons (Fsp3) is 0.100. The minimum Gasteiger partial charge on any atom is -0.508 e. The van der Waals surface area contributed by atoms with Gasteiger partial charge < -0.3 is 5.11 Å². The van der Waals surface area contributed by atoms with E-state index in [2.05, 4.69) is 10.1 Å². The SMILES string of the molecule is O=c1cc(Cc2ccccc2C(F)(F)F)[nH]n1-c1nc(-c2ccc(O)cc2)cs1. The number of nitrogens with one attached hydrogen (secondary N) is 1. The Bertz CT molecular complexity index is 1210. The fourth-order valence-corrected chi connectivity index (χ4v) is 3.76. The maximum absolute atomic E-state index is 13.2. The Hall–Kier alpha value is -3.33. The van der Waals surface area contributed by atoms with Gasteiger partial charge in [-0.25, -0.2) is 4.98 Å². The van der Waals surface area contributed by atoms with Crippen molar-refractivity contribution in [3.8, 4) is 22.1 Å². The summed E-state index contributed by atoms with van der Waals surface area (Å²) in [5.74, 6) is 0.133. The van der Waals surface area contributed by atoms with Gasteiger partial charge in [-0.1, -0.05) is 18.2 Å². The molecule has 2 N–H and O–H groups in total. The average molecular weight is 417 g/mol. The van der Waals surface area contributed by atoms with Crippen LogP contribution in [0.2, 0.25) is 0 Å². The van der Waals surface area contributed by atoms with Gasteiger partial charge in [0.25, 0.3) is 5.56 Å². The zero-order chi connectivity index (χ0) is 20.6. The molecule has 2 aromatic carbocycles. The van der Waals surface area contributed by atoms with Crippen molar-refractivity contribution in [1.29, 1.82) is 0 Å². The number of aromatic nitrogens is 3. The van der Waals surface area contributed by atoms with Crippen molar-refractivity contribution in [3.05, 3.63) is 87.2 Å². The summed E-state index contributed by atoms with van der Waals surface area (Å²) in [4.78, 5) is 16.8. The van der Waals surface area contributed by atoms with Gasteiger partial charge in [-0.15, -0.1) is 11.3 Å². The van der Waals surface area contributed by atoms with Crippen molar-refractivity contribution < 1.29 is 18.3 Å². The van der Waals surface area contributed by atoms with E-state index in [0.717, 1.165) is 11.6 Å². The zero-order valence-electron chi connectivity index (χ0n) is 14.8. The van der Waals surface area contributed by atoms with E-state index in [-0.39, 0.29) is 17.7 Å². The molecular weight excluding hydrogens is 403 g/mol. The number of phenols is 1. The van der Waals surface area contributed by atoms with Crippen molar-refractivity contribution >= 4 is 11.3 Å². The Labute approximate surface area is 166 Å². The van der Waals surface area contributed by atoms with Gasteiger partial charge in [0.2, 0.25) is 5.13 Å². The van der Waals surface area contributed by atoms with Crippen LogP contribution >= 0.6 is 11.3 Å². The van der Waals surface area contributed by atoms with E-state index in [1.54, 1.807) is 17.5 Å². The number of alkyl halides is 3. The van der Waals surface area contributed by atoms with Crippen LogP contribution < -0.4 is 5.56 Å². The van der Waals surface area contributed by atoms with Crippen molar-refractivity contribution in [2.45, 2.75) is 12.6 Å². The van der Waals surface area contributed by atoms with Crippen LogP contribution in [0.15, 0.2) is 64.8 Å². The summed E-state index contributed by atoms with van der Waals surface area (Å²) in [5.41, 5.74) is 0.693. The summed E-state index contributed by atoms with van der Waals surface area (Å²) < 4.78 is 40.8. The van der Waals surface area contributed by atoms with E-state index in [1.165, 1.54) is 52.4 Å². The highest BCUT2D eigenvalue weighted by molar-refractivity contribution is 7.12. The molecule has 4 rings (SSSR count). The first kappa shape index (κ1) is 19.0. The summed E-state index contributed by atoms with van der Waals surface area (Å²) in [6.07, 6.45) is -4.53. The predicted molar refractivity (Wildman–Crippen MR) is 103 cm³/mol.